The fourth-order valence-electron chi connectivity index (χ4n) is 10.6. The molecular formula is C69H114N2. The van der Waals surface area contributed by atoms with E-state index in [-0.39, 0.29) is 0 Å². The van der Waals surface area contributed by atoms with Gasteiger partial charge in [-0.2, -0.15) is 0 Å². The van der Waals surface area contributed by atoms with Crippen molar-refractivity contribution in [2.45, 2.75) is 318 Å². The Morgan fingerprint density at radius 1 is 0.394 bits per heavy atom. The van der Waals surface area contributed by atoms with Gasteiger partial charge in [0, 0.05) is 0 Å². The zero-order valence-corrected chi connectivity index (χ0v) is 48.1. The molecule has 2 aromatic rings. The molecule has 0 aliphatic heterocycles. The average molecular weight is 972 g/mol. The van der Waals surface area contributed by atoms with Crippen LogP contribution in [-0.2, 0) is 12.8 Å². The van der Waals surface area contributed by atoms with Crippen LogP contribution in [0.5, 0.6) is 0 Å². The van der Waals surface area contributed by atoms with Crippen molar-refractivity contribution < 1.29 is 4.79 Å². The summed E-state index contributed by atoms with van der Waals surface area (Å²) in [7, 11) is 0. The summed E-state index contributed by atoms with van der Waals surface area (Å²) < 4.78 is 0. The van der Waals surface area contributed by atoms with Gasteiger partial charge in [-0.15, -0.1) is 4.79 Å². The van der Waals surface area contributed by atoms with Crippen molar-refractivity contribution in [1.82, 2.24) is 0 Å². The zero-order chi connectivity index (χ0) is 51.1. The topological polar surface area (TPSA) is 36.4 Å². The smallest absolute Gasteiger partial charge is 0.303 e. The summed E-state index contributed by atoms with van der Waals surface area (Å²) in [4.78, 5) is 3.55. The van der Waals surface area contributed by atoms with Crippen molar-refractivity contribution in [2.24, 2.45) is 0 Å². The Hall–Kier alpha value is -3.18. The van der Waals surface area contributed by atoms with Gasteiger partial charge in [-0.3, -0.25) is 0 Å². The molecule has 0 atom stereocenters. The number of aryl methyl sites for hydroxylation is 2. The number of nitrogens with zero attached hydrogens (tertiary/aromatic N) is 2. The van der Waals surface area contributed by atoms with Gasteiger partial charge in [-0.1, -0.05) is 289 Å². The van der Waals surface area contributed by atoms with Gasteiger partial charge in [0.05, 0.1) is 5.57 Å². The van der Waals surface area contributed by atoms with E-state index in [1.807, 2.05) is 0 Å². The predicted octanol–water partition coefficient (Wildman–Crippen LogP) is 23.5. The first kappa shape index (κ1) is 63.9. The molecule has 2 aromatic carbocycles. The molecule has 71 heavy (non-hydrogen) atoms. The van der Waals surface area contributed by atoms with Crippen LogP contribution in [0.25, 0.3) is 23.3 Å². The van der Waals surface area contributed by atoms with Crippen LogP contribution in [-0.4, -0.2) is 10.7 Å². The first-order valence-corrected chi connectivity index (χ1v) is 31.3. The molecule has 0 fully saturated rings. The minimum absolute atomic E-state index is 0.850. The van der Waals surface area contributed by atoms with E-state index < -0.39 is 0 Å². The molecule has 0 radical (unpaired) electrons. The highest BCUT2D eigenvalue weighted by Crippen LogP contribution is 2.35. The summed E-state index contributed by atoms with van der Waals surface area (Å²) in [6.45, 7) is 13.8. The summed E-state index contributed by atoms with van der Waals surface area (Å²) >= 11 is 0. The lowest BCUT2D eigenvalue weighted by molar-refractivity contribution is 0.00741. The van der Waals surface area contributed by atoms with E-state index in [1.165, 1.54) is 276 Å². The number of unbranched alkanes of at least 4 members (excludes halogenated alkanes) is 35. The molecule has 0 aromatic heterocycles. The van der Waals surface area contributed by atoms with Gasteiger partial charge in [0.2, 0.25) is 0 Å². The second kappa shape index (κ2) is 46.6. The monoisotopic (exact) mass is 971 g/mol. The molecule has 0 heterocycles. The standard InChI is InChI=1S/C69H114N2/c1-7-12-17-21-25-27-29-31-33-35-37-39-43-47-51-64-55-65(52-48-44-40-38-36-34-32-30-28-26-22-18-13-8-2)59-68(58-64)69(61(6)66(60-71-70)53-16-11-5)67-56-62(49-45-41-23-19-14-9-3)54-63(57-67)50-46-42-24-20-15-10-4/h47-48,51-52,54-59H,7-46,49-50,53H2,1-6H3. The maximum absolute atomic E-state index is 10.00. The van der Waals surface area contributed by atoms with Crippen molar-refractivity contribution in [1.29, 1.82) is 0 Å². The molecule has 2 rings (SSSR count). The van der Waals surface area contributed by atoms with E-state index in [9.17, 15) is 5.53 Å². The van der Waals surface area contributed by atoms with Crippen molar-refractivity contribution in [2.75, 3.05) is 0 Å². The number of hydrogen-bond acceptors (Lipinski definition) is 0. The number of benzene rings is 2. The Bertz CT molecular complexity index is 1670. The van der Waals surface area contributed by atoms with E-state index in [2.05, 4.69) is 113 Å². The van der Waals surface area contributed by atoms with Crippen LogP contribution in [0.2, 0.25) is 0 Å². The predicted molar refractivity (Wildman–Crippen MR) is 320 cm³/mol. The second-order valence-corrected chi connectivity index (χ2v) is 21.9. The maximum atomic E-state index is 10.00. The Kier molecular flexibility index (Phi) is 42.0. The fraction of sp³-hybridized carbons (Fsp3) is 0.710. The lowest BCUT2D eigenvalue weighted by atomic mass is 9.85. The minimum atomic E-state index is 0.850. The van der Waals surface area contributed by atoms with Crippen molar-refractivity contribution >= 4 is 23.6 Å². The van der Waals surface area contributed by atoms with E-state index >= 15 is 0 Å². The van der Waals surface area contributed by atoms with Crippen molar-refractivity contribution in [3.05, 3.63) is 98.6 Å². The SMILES string of the molecule is CCCCCCCCCCCCCCC=Cc1cc(C=CCCCCCCCCCCCCCC)cc(C(=C(C)C(=C=[N+]=[N-])CCCC)c2cc(CCCCCCCC)cc(CCCCCCCC)c2)c1. The first-order valence-electron chi connectivity index (χ1n) is 31.3. The van der Waals surface area contributed by atoms with Gasteiger partial charge in [0.1, 0.15) is 0 Å². The van der Waals surface area contributed by atoms with Gasteiger partial charge in [-0.05, 0) is 134 Å². The highest BCUT2D eigenvalue weighted by atomic mass is 14.8. The third-order valence-corrected chi connectivity index (χ3v) is 15.1. The molecule has 0 aliphatic rings. The molecule has 2 nitrogen and oxygen atoms in total. The van der Waals surface area contributed by atoms with E-state index in [0.717, 1.165) is 50.5 Å². The molecule has 0 N–H and O–H groups in total. The summed E-state index contributed by atoms with van der Waals surface area (Å²) in [5.41, 5.74) is 21.5. The maximum Gasteiger partial charge on any atom is 0.303 e. The molecule has 400 valence electrons. The second-order valence-electron chi connectivity index (χ2n) is 21.9. The van der Waals surface area contributed by atoms with Gasteiger partial charge < -0.3 is 5.53 Å². The Balaban J connectivity index is 2.46. The first-order chi connectivity index (χ1) is 35.0. The van der Waals surface area contributed by atoms with Crippen LogP contribution in [0.4, 0.5) is 0 Å². The molecule has 0 saturated heterocycles. The van der Waals surface area contributed by atoms with Crippen LogP contribution in [0.3, 0.4) is 0 Å². The van der Waals surface area contributed by atoms with Crippen molar-refractivity contribution in [3.8, 4) is 0 Å². The van der Waals surface area contributed by atoms with Crippen molar-refractivity contribution in [3.63, 3.8) is 0 Å². The van der Waals surface area contributed by atoms with E-state index in [1.54, 1.807) is 0 Å². The van der Waals surface area contributed by atoms with E-state index in [4.69, 9.17) is 0 Å². The Labute approximate surface area is 442 Å². The molecule has 0 spiro atoms. The number of allylic oxidation sites excluding steroid dienone is 4. The quantitative estimate of drug-likeness (QED) is 0.0208. The average Bonchev–Trinajstić information content (AvgIpc) is 3.37. The highest BCUT2D eigenvalue weighted by molar-refractivity contribution is 5.88. The van der Waals surface area contributed by atoms with Gasteiger partial charge in [0.25, 0.3) is 0 Å². The molecular weight excluding hydrogens is 857 g/mol. The summed E-state index contributed by atoms with van der Waals surface area (Å²) in [5.74, 6) is 3.09. The Morgan fingerprint density at radius 3 is 1.07 bits per heavy atom. The summed E-state index contributed by atoms with van der Waals surface area (Å²) in [6.07, 6.45) is 66.2. The molecule has 0 aliphatic carbocycles. The largest absolute Gasteiger partial charge is 0.348 e. The molecule has 0 unspecified atom stereocenters. The summed E-state index contributed by atoms with van der Waals surface area (Å²) in [6, 6.07) is 14.9. The number of rotatable bonds is 48. The van der Waals surface area contributed by atoms with E-state index in [0.29, 0.717) is 0 Å². The van der Waals surface area contributed by atoms with Gasteiger partial charge in [-0.25, -0.2) is 0 Å². The normalized spacial score (nSPS) is 12.0. The minimum Gasteiger partial charge on any atom is -0.348 e. The molecule has 0 saturated carbocycles. The molecule has 0 bridgehead atoms. The fourth-order valence-corrected chi connectivity index (χ4v) is 10.6. The third kappa shape index (κ3) is 33.3. The number of hydrogen-bond donors (Lipinski definition) is 0. The zero-order valence-electron chi connectivity index (χ0n) is 48.1. The van der Waals surface area contributed by atoms with Crippen LogP contribution >= 0.6 is 0 Å². The van der Waals surface area contributed by atoms with Crippen LogP contribution in [0.15, 0.2) is 59.7 Å². The van der Waals surface area contributed by atoms with Gasteiger partial charge in [0.15, 0.2) is 0 Å². The third-order valence-electron chi connectivity index (χ3n) is 15.1. The lowest BCUT2D eigenvalue weighted by Gasteiger charge is -2.18. The molecule has 0 amide bonds. The lowest BCUT2D eigenvalue weighted by Crippen LogP contribution is -2.01. The Morgan fingerprint density at radius 2 is 0.718 bits per heavy atom. The van der Waals surface area contributed by atoms with Crippen LogP contribution in [0, 0.1) is 0 Å². The van der Waals surface area contributed by atoms with Crippen LogP contribution < -0.4 is 0 Å². The van der Waals surface area contributed by atoms with Crippen LogP contribution in [0.1, 0.15) is 338 Å². The summed E-state index contributed by atoms with van der Waals surface area (Å²) in [5, 5.41) is 0. The van der Waals surface area contributed by atoms with Gasteiger partial charge >= 0.3 is 5.87 Å². The molecule has 2 heteroatoms. The highest BCUT2D eigenvalue weighted by Gasteiger charge is 2.17.